The highest BCUT2D eigenvalue weighted by molar-refractivity contribution is 8.04. The number of carbonyl (C=O) groups excluding carboxylic acids is 1. The summed E-state index contributed by atoms with van der Waals surface area (Å²) in [6.07, 6.45) is 7.30. The van der Waals surface area contributed by atoms with Gasteiger partial charge in [-0.2, -0.15) is 0 Å². The average molecular weight is 262 g/mol. The zero-order valence-corrected chi connectivity index (χ0v) is 12.4. The summed E-state index contributed by atoms with van der Waals surface area (Å²) in [6.45, 7) is 5.70. The number of thiol groups is 1. The van der Waals surface area contributed by atoms with Crippen molar-refractivity contribution in [2.24, 2.45) is 0 Å². The Bertz CT molecular complexity index is 317. The van der Waals surface area contributed by atoms with E-state index >= 15 is 0 Å². The van der Waals surface area contributed by atoms with Crippen LogP contribution in [0, 0.1) is 0 Å². The van der Waals surface area contributed by atoms with Crippen molar-refractivity contribution in [1.29, 1.82) is 0 Å². The standard InChI is InChI=1S/C13H26O3S/c1-5-16-12(14)13(2,3)17(4,15)11-9-7-6-8-10-11/h11,17H,5-10H2,1-4H3. The molecule has 3 nitrogen and oxygen atoms in total. The van der Waals surface area contributed by atoms with E-state index in [1.54, 1.807) is 27.0 Å². The summed E-state index contributed by atoms with van der Waals surface area (Å²) in [6, 6.07) is 0. The molecule has 0 unspecified atom stereocenters. The van der Waals surface area contributed by atoms with Crippen molar-refractivity contribution in [2.45, 2.75) is 62.9 Å². The molecule has 0 heterocycles. The minimum Gasteiger partial charge on any atom is -0.465 e. The number of esters is 1. The Balaban J connectivity index is 2.86. The summed E-state index contributed by atoms with van der Waals surface area (Å²) in [4.78, 5) is 12.0. The third kappa shape index (κ3) is 2.90. The van der Waals surface area contributed by atoms with Gasteiger partial charge in [0.05, 0.1) is 6.61 Å². The maximum absolute atomic E-state index is 13.0. The molecule has 0 radical (unpaired) electrons. The fourth-order valence-corrected chi connectivity index (χ4v) is 5.21. The Hall–Kier alpha value is -0.380. The van der Waals surface area contributed by atoms with E-state index in [2.05, 4.69) is 0 Å². The highest BCUT2D eigenvalue weighted by Crippen LogP contribution is 2.35. The molecule has 102 valence electrons. The average Bonchev–Trinajstić information content (AvgIpc) is 2.30. The Morgan fingerprint density at radius 2 is 1.82 bits per heavy atom. The predicted molar refractivity (Wildman–Crippen MR) is 73.0 cm³/mol. The van der Waals surface area contributed by atoms with Crippen LogP contribution in [0.4, 0.5) is 0 Å². The molecular weight excluding hydrogens is 236 g/mol. The lowest BCUT2D eigenvalue weighted by Gasteiger charge is -2.41. The van der Waals surface area contributed by atoms with E-state index in [0.29, 0.717) is 6.61 Å². The number of rotatable bonds is 4. The number of hydrogen-bond donors (Lipinski definition) is 1. The second kappa shape index (κ2) is 5.51. The van der Waals surface area contributed by atoms with Gasteiger partial charge in [-0.1, -0.05) is 29.2 Å². The van der Waals surface area contributed by atoms with Crippen LogP contribution in [0.2, 0.25) is 0 Å². The molecule has 0 atom stereocenters. The second-order valence-electron chi connectivity index (χ2n) is 5.56. The molecule has 0 spiro atoms. The van der Waals surface area contributed by atoms with E-state index in [4.69, 9.17) is 4.74 Å². The first-order valence-corrected chi connectivity index (χ1v) is 8.81. The Kier molecular flexibility index (Phi) is 4.76. The van der Waals surface area contributed by atoms with E-state index < -0.39 is 14.7 Å². The number of hydrogen-bond acceptors (Lipinski definition) is 3. The molecule has 0 amide bonds. The molecule has 1 fully saturated rings. The van der Waals surface area contributed by atoms with Gasteiger partial charge in [0.1, 0.15) is 4.75 Å². The van der Waals surface area contributed by atoms with Crippen LogP contribution < -0.4 is 0 Å². The second-order valence-corrected chi connectivity index (χ2v) is 9.39. The minimum absolute atomic E-state index is 0.204. The summed E-state index contributed by atoms with van der Waals surface area (Å²) in [5.41, 5.74) is 0. The molecule has 0 saturated heterocycles. The smallest absolute Gasteiger partial charge is 0.322 e. The van der Waals surface area contributed by atoms with E-state index in [1.807, 2.05) is 0 Å². The summed E-state index contributed by atoms with van der Waals surface area (Å²) in [5.74, 6) is -0.309. The van der Waals surface area contributed by atoms with Crippen molar-refractivity contribution in [3.05, 3.63) is 0 Å². The maximum atomic E-state index is 13.0. The van der Waals surface area contributed by atoms with Gasteiger partial charge >= 0.3 is 5.97 Å². The first-order valence-electron chi connectivity index (χ1n) is 6.58. The predicted octanol–water partition coefficient (Wildman–Crippen LogP) is 2.31. The molecule has 0 aromatic carbocycles. The Labute approximate surface area is 106 Å². The van der Waals surface area contributed by atoms with Crippen molar-refractivity contribution in [1.82, 2.24) is 0 Å². The largest absolute Gasteiger partial charge is 0.465 e. The van der Waals surface area contributed by atoms with Crippen LogP contribution in [0.3, 0.4) is 0 Å². The molecule has 1 aliphatic carbocycles. The molecule has 4 heteroatoms. The van der Waals surface area contributed by atoms with E-state index in [0.717, 1.165) is 25.7 Å². The van der Waals surface area contributed by atoms with Gasteiger partial charge in [0.2, 0.25) is 0 Å². The minimum atomic E-state index is -2.53. The lowest BCUT2D eigenvalue weighted by molar-refractivity contribution is -0.145. The van der Waals surface area contributed by atoms with Crippen LogP contribution in [0.15, 0.2) is 0 Å². The quantitative estimate of drug-likeness (QED) is 0.624. The van der Waals surface area contributed by atoms with Crippen molar-refractivity contribution in [2.75, 3.05) is 12.9 Å². The highest BCUT2D eigenvalue weighted by Gasteiger charge is 2.44. The number of carbonyl (C=O) groups is 1. The van der Waals surface area contributed by atoms with E-state index in [1.165, 1.54) is 6.42 Å². The van der Waals surface area contributed by atoms with Crippen molar-refractivity contribution < 1.29 is 13.7 Å². The van der Waals surface area contributed by atoms with Crippen molar-refractivity contribution in [3.8, 4) is 0 Å². The zero-order valence-electron chi connectivity index (χ0n) is 11.5. The molecule has 0 aromatic heterocycles. The Morgan fingerprint density at radius 1 is 1.29 bits per heavy atom. The monoisotopic (exact) mass is 262 g/mol. The van der Waals surface area contributed by atoms with Gasteiger partial charge in [-0.15, -0.1) is 0 Å². The van der Waals surface area contributed by atoms with E-state index in [9.17, 15) is 9.00 Å². The molecular formula is C13H26O3S. The van der Waals surface area contributed by atoms with Crippen LogP contribution in [0.1, 0.15) is 52.9 Å². The SMILES string of the molecule is CCOC(=O)C(C)(C)[SH](C)(=O)C1CCCCC1. The fraction of sp³-hybridized carbons (Fsp3) is 0.923. The summed E-state index contributed by atoms with van der Waals surface area (Å²) >= 11 is 0. The molecule has 0 bridgehead atoms. The topological polar surface area (TPSA) is 43.4 Å². The molecule has 0 aromatic rings. The van der Waals surface area contributed by atoms with Crippen LogP contribution in [0.25, 0.3) is 0 Å². The van der Waals surface area contributed by atoms with E-state index in [-0.39, 0.29) is 11.2 Å². The van der Waals surface area contributed by atoms with Gasteiger partial charge in [-0.05, 0) is 39.9 Å². The van der Waals surface area contributed by atoms with Crippen LogP contribution in [-0.4, -0.2) is 33.0 Å². The van der Waals surface area contributed by atoms with Crippen LogP contribution in [-0.2, 0) is 19.5 Å². The summed E-state index contributed by atoms with van der Waals surface area (Å²) in [7, 11) is -2.53. The van der Waals surface area contributed by atoms with Gasteiger partial charge in [0.25, 0.3) is 0 Å². The lowest BCUT2D eigenvalue weighted by Crippen LogP contribution is -2.51. The van der Waals surface area contributed by atoms with Crippen molar-refractivity contribution >= 4 is 15.9 Å². The van der Waals surface area contributed by atoms with Gasteiger partial charge in [-0.3, -0.25) is 9.00 Å². The first kappa shape index (κ1) is 14.7. The molecule has 1 saturated carbocycles. The van der Waals surface area contributed by atoms with Crippen LogP contribution >= 0.6 is 0 Å². The van der Waals surface area contributed by atoms with Gasteiger partial charge in [-0.25, -0.2) is 0 Å². The van der Waals surface area contributed by atoms with Gasteiger partial charge in [0.15, 0.2) is 0 Å². The third-order valence-corrected chi connectivity index (χ3v) is 8.47. The van der Waals surface area contributed by atoms with Crippen LogP contribution in [0.5, 0.6) is 0 Å². The summed E-state index contributed by atoms with van der Waals surface area (Å²) in [5, 5.41) is 0.204. The van der Waals surface area contributed by atoms with Gasteiger partial charge in [0, 0.05) is 5.25 Å². The molecule has 0 aliphatic heterocycles. The molecule has 17 heavy (non-hydrogen) atoms. The lowest BCUT2D eigenvalue weighted by atomic mass is 10.0. The van der Waals surface area contributed by atoms with Gasteiger partial charge < -0.3 is 4.74 Å². The van der Waals surface area contributed by atoms with Crippen molar-refractivity contribution in [3.63, 3.8) is 0 Å². The Morgan fingerprint density at radius 3 is 2.29 bits per heavy atom. The number of ether oxygens (including phenoxy) is 1. The fourth-order valence-electron chi connectivity index (χ4n) is 2.52. The molecule has 1 rings (SSSR count). The first-order chi connectivity index (χ1) is 7.84. The third-order valence-electron chi connectivity index (χ3n) is 4.16. The normalized spacial score (nSPS) is 20.0. The maximum Gasteiger partial charge on any atom is 0.322 e. The molecule has 1 aliphatic rings. The zero-order chi connectivity index (χ0) is 13.1. The highest BCUT2D eigenvalue weighted by atomic mass is 32.2. The molecule has 0 N–H and O–H groups in total. The summed E-state index contributed by atoms with van der Waals surface area (Å²) < 4.78 is 17.2.